The monoisotopic (exact) mass is 399 g/mol. The molecule has 8 heteroatoms. The normalized spacial score (nSPS) is 10.8. The van der Waals surface area contributed by atoms with Crippen molar-refractivity contribution in [2.45, 2.75) is 33.7 Å². The summed E-state index contributed by atoms with van der Waals surface area (Å²) in [5, 5.41) is 3.25. The van der Waals surface area contributed by atoms with Crippen LogP contribution in [0, 0.1) is 20.8 Å². The van der Waals surface area contributed by atoms with Crippen LogP contribution in [0.1, 0.15) is 22.4 Å². The van der Waals surface area contributed by atoms with Crippen molar-refractivity contribution in [2.24, 2.45) is 0 Å². The number of hydrogen-bond acceptors (Lipinski definition) is 6. The Balaban J connectivity index is 1.53. The maximum atomic E-state index is 12.6. The van der Waals surface area contributed by atoms with E-state index in [9.17, 15) is 14.4 Å². The lowest BCUT2D eigenvalue weighted by Gasteiger charge is -2.08. The van der Waals surface area contributed by atoms with Crippen molar-refractivity contribution in [1.29, 1.82) is 0 Å². The van der Waals surface area contributed by atoms with E-state index in [1.165, 1.54) is 22.2 Å². The van der Waals surface area contributed by atoms with E-state index in [1.54, 1.807) is 12.1 Å². The third-order valence-corrected chi connectivity index (χ3v) is 5.53. The number of nitrogens with one attached hydrogen (secondary N) is 1. The molecular weight excluding hydrogens is 378 g/mol. The van der Waals surface area contributed by atoms with Crippen LogP contribution in [0.15, 0.2) is 35.4 Å². The number of fused-ring (bicyclic) bond motifs is 1. The zero-order valence-corrected chi connectivity index (χ0v) is 16.8. The average molecular weight is 399 g/mol. The molecular formula is C20H21N3O4S. The number of benzene rings is 1. The molecule has 3 aromatic rings. The van der Waals surface area contributed by atoms with E-state index >= 15 is 0 Å². The standard InChI is InChI=1S/C20H21N3O4S/c1-12-4-6-15(7-5-12)22-16(24)10-27-17(25)8-9-23-11-21-19-18(20(23)26)13(2)14(3)28-19/h4-7,11H,8-10H2,1-3H3,(H,22,24). The second-order valence-electron chi connectivity index (χ2n) is 6.53. The molecule has 0 saturated carbocycles. The van der Waals surface area contributed by atoms with Crippen LogP contribution in [0.4, 0.5) is 5.69 Å². The summed E-state index contributed by atoms with van der Waals surface area (Å²) in [7, 11) is 0. The molecule has 28 heavy (non-hydrogen) atoms. The lowest BCUT2D eigenvalue weighted by molar-refractivity contribution is -0.147. The highest BCUT2D eigenvalue weighted by atomic mass is 32.1. The Bertz CT molecular complexity index is 1080. The van der Waals surface area contributed by atoms with E-state index in [0.29, 0.717) is 15.9 Å². The van der Waals surface area contributed by atoms with Crippen LogP contribution >= 0.6 is 11.3 Å². The second-order valence-corrected chi connectivity index (χ2v) is 7.73. The number of rotatable bonds is 6. The quantitative estimate of drug-likeness (QED) is 0.644. The van der Waals surface area contributed by atoms with Gasteiger partial charge in [-0.1, -0.05) is 17.7 Å². The first-order valence-corrected chi connectivity index (χ1v) is 9.64. The van der Waals surface area contributed by atoms with E-state index in [1.807, 2.05) is 32.9 Å². The Kier molecular flexibility index (Phi) is 5.89. The molecule has 2 heterocycles. The number of esters is 1. The Morgan fingerprint density at radius 1 is 1.18 bits per heavy atom. The van der Waals surface area contributed by atoms with Gasteiger partial charge in [0.25, 0.3) is 11.5 Å². The number of aryl methyl sites for hydroxylation is 4. The van der Waals surface area contributed by atoms with Gasteiger partial charge in [-0.3, -0.25) is 19.0 Å². The lowest BCUT2D eigenvalue weighted by Crippen LogP contribution is -2.24. The molecule has 2 aromatic heterocycles. The zero-order valence-electron chi connectivity index (χ0n) is 15.9. The van der Waals surface area contributed by atoms with Crippen molar-refractivity contribution in [2.75, 3.05) is 11.9 Å². The highest BCUT2D eigenvalue weighted by Crippen LogP contribution is 2.25. The number of carbonyl (C=O) groups is 2. The van der Waals surface area contributed by atoms with Crippen molar-refractivity contribution in [3.05, 3.63) is 57.0 Å². The average Bonchev–Trinajstić information content (AvgIpc) is 2.96. The van der Waals surface area contributed by atoms with Crippen molar-refractivity contribution in [3.63, 3.8) is 0 Å². The van der Waals surface area contributed by atoms with Gasteiger partial charge in [-0.25, -0.2) is 4.98 Å². The number of ether oxygens (including phenoxy) is 1. The molecule has 7 nitrogen and oxygen atoms in total. The Morgan fingerprint density at radius 3 is 2.61 bits per heavy atom. The molecule has 0 radical (unpaired) electrons. The number of hydrogen-bond donors (Lipinski definition) is 1. The summed E-state index contributed by atoms with van der Waals surface area (Å²) in [6.45, 7) is 5.57. The predicted octanol–water partition coefficient (Wildman–Crippen LogP) is 2.96. The van der Waals surface area contributed by atoms with Crippen LogP contribution in [-0.2, 0) is 20.9 Å². The van der Waals surface area contributed by atoms with Crippen molar-refractivity contribution >= 4 is 39.1 Å². The highest BCUT2D eigenvalue weighted by molar-refractivity contribution is 7.18. The smallest absolute Gasteiger partial charge is 0.308 e. The fourth-order valence-electron chi connectivity index (χ4n) is 2.69. The number of anilines is 1. The molecule has 0 bridgehead atoms. The molecule has 0 spiro atoms. The number of nitrogens with zero attached hydrogens (tertiary/aromatic N) is 2. The topological polar surface area (TPSA) is 90.3 Å². The molecule has 1 N–H and O–H groups in total. The summed E-state index contributed by atoms with van der Waals surface area (Å²) in [5.74, 6) is -0.967. The molecule has 146 valence electrons. The molecule has 1 amide bonds. The molecule has 0 unspecified atom stereocenters. The Morgan fingerprint density at radius 2 is 1.89 bits per heavy atom. The van der Waals surface area contributed by atoms with Crippen LogP contribution in [0.2, 0.25) is 0 Å². The van der Waals surface area contributed by atoms with Crippen LogP contribution in [0.25, 0.3) is 10.2 Å². The van der Waals surface area contributed by atoms with Gasteiger partial charge >= 0.3 is 5.97 Å². The molecule has 0 saturated heterocycles. The fourth-order valence-corrected chi connectivity index (χ4v) is 3.68. The van der Waals surface area contributed by atoms with Crippen LogP contribution in [-0.4, -0.2) is 28.0 Å². The first-order valence-electron chi connectivity index (χ1n) is 8.82. The minimum absolute atomic E-state index is 0.0208. The first-order chi connectivity index (χ1) is 13.3. The minimum atomic E-state index is -0.552. The van der Waals surface area contributed by atoms with Gasteiger partial charge in [-0.15, -0.1) is 11.3 Å². The second kappa shape index (κ2) is 8.35. The largest absolute Gasteiger partial charge is 0.456 e. The molecule has 0 aliphatic heterocycles. The summed E-state index contributed by atoms with van der Waals surface area (Å²) >= 11 is 1.48. The fraction of sp³-hybridized carbons (Fsp3) is 0.300. The third kappa shape index (κ3) is 4.45. The van der Waals surface area contributed by atoms with Crippen LogP contribution < -0.4 is 10.9 Å². The van der Waals surface area contributed by atoms with Gasteiger partial charge in [-0.05, 0) is 38.5 Å². The molecule has 0 atom stereocenters. The SMILES string of the molecule is Cc1ccc(NC(=O)COC(=O)CCn2cnc3sc(C)c(C)c3c2=O)cc1. The predicted molar refractivity (Wildman–Crippen MR) is 109 cm³/mol. The Hall–Kier alpha value is -3.00. The molecule has 0 aliphatic carbocycles. The number of carbonyl (C=O) groups excluding carboxylic acids is 2. The van der Waals surface area contributed by atoms with Crippen LogP contribution in [0.5, 0.6) is 0 Å². The van der Waals surface area contributed by atoms with E-state index < -0.39 is 11.9 Å². The van der Waals surface area contributed by atoms with Gasteiger partial charge in [0.2, 0.25) is 0 Å². The zero-order chi connectivity index (χ0) is 20.3. The Labute approximate surface area is 166 Å². The third-order valence-electron chi connectivity index (χ3n) is 4.41. The number of amides is 1. The van der Waals surface area contributed by atoms with E-state index in [-0.39, 0.29) is 25.1 Å². The number of thiophene rings is 1. The van der Waals surface area contributed by atoms with Gasteiger partial charge in [0, 0.05) is 17.1 Å². The lowest BCUT2D eigenvalue weighted by atomic mass is 10.2. The molecule has 0 fully saturated rings. The van der Waals surface area contributed by atoms with Gasteiger partial charge in [0.1, 0.15) is 4.83 Å². The van der Waals surface area contributed by atoms with Crippen molar-refractivity contribution < 1.29 is 14.3 Å². The maximum absolute atomic E-state index is 12.6. The minimum Gasteiger partial charge on any atom is -0.456 e. The van der Waals surface area contributed by atoms with Crippen LogP contribution in [0.3, 0.4) is 0 Å². The van der Waals surface area contributed by atoms with E-state index in [2.05, 4.69) is 10.3 Å². The van der Waals surface area contributed by atoms with Crippen molar-refractivity contribution in [1.82, 2.24) is 9.55 Å². The van der Waals surface area contributed by atoms with Gasteiger partial charge in [0.15, 0.2) is 6.61 Å². The summed E-state index contributed by atoms with van der Waals surface area (Å²) in [6, 6.07) is 7.30. The first kappa shape index (κ1) is 19.8. The summed E-state index contributed by atoms with van der Waals surface area (Å²) in [4.78, 5) is 42.4. The summed E-state index contributed by atoms with van der Waals surface area (Å²) in [5.41, 5.74) is 2.47. The van der Waals surface area contributed by atoms with Crippen molar-refractivity contribution in [3.8, 4) is 0 Å². The van der Waals surface area contributed by atoms with Gasteiger partial charge < -0.3 is 10.1 Å². The van der Waals surface area contributed by atoms with E-state index in [0.717, 1.165) is 16.0 Å². The molecule has 0 aliphatic rings. The summed E-state index contributed by atoms with van der Waals surface area (Å²) < 4.78 is 6.39. The van der Waals surface area contributed by atoms with Gasteiger partial charge in [0.05, 0.1) is 18.1 Å². The number of aromatic nitrogens is 2. The molecule has 3 rings (SSSR count). The maximum Gasteiger partial charge on any atom is 0.308 e. The summed E-state index contributed by atoms with van der Waals surface area (Å²) in [6.07, 6.45) is 1.42. The molecule has 1 aromatic carbocycles. The van der Waals surface area contributed by atoms with Gasteiger partial charge in [-0.2, -0.15) is 0 Å². The highest BCUT2D eigenvalue weighted by Gasteiger charge is 2.13. The van der Waals surface area contributed by atoms with E-state index in [4.69, 9.17) is 4.74 Å².